The van der Waals surface area contributed by atoms with E-state index < -0.39 is 10.8 Å². The number of aromatic nitrogens is 4. The number of hydrogen-bond donors (Lipinski definition) is 0. The van der Waals surface area contributed by atoms with Gasteiger partial charge in [-0.05, 0) is 102 Å². The molecule has 0 radical (unpaired) electrons. The second-order valence-corrected chi connectivity index (χ2v) is 14.6. The number of pyridine rings is 4. The van der Waals surface area contributed by atoms with Crippen LogP contribution >= 0.6 is 0 Å². The van der Waals surface area contributed by atoms with E-state index in [-0.39, 0.29) is 25.9 Å². The standard InChI is InChI=1S/C18H8FN2OS.2C14H14N.Ir/c19-11-4-3-10-8-15-16-12(14(10)9-11)5-7-20-17(16)13-2-1-6-21-18(13)23(15)22;2*1-10-4-6-13(7-5-10)14-8-11(2)12(3)9-15-14;/h1,3-9H;2*4-6,8-9H,1-3H3;/q3*-1;+3. The Kier molecular flexibility index (Phi) is 11.7. The molecule has 0 fully saturated rings. The first-order valence-corrected chi connectivity index (χ1v) is 18.4. The molecule has 8 heteroatoms. The minimum absolute atomic E-state index is 0. The SMILES string of the molecule is Cc1c[c-]c(-c2cc(C)c(C)cn2)cc1.Cc1c[c-]c(-c2cc(C)c(C)cn2)cc1.O=S1c2ncc[c-]c2-c2nccc3c2c1cc1ccc(F)cc13.[Ir+3]. The quantitative estimate of drug-likeness (QED) is 0.128. The van der Waals surface area contributed by atoms with E-state index in [4.69, 9.17) is 0 Å². The Balaban J connectivity index is 0.000000143. The van der Waals surface area contributed by atoms with Crippen LogP contribution in [0.2, 0.25) is 0 Å². The smallest absolute Gasteiger partial charge is 0.343 e. The van der Waals surface area contributed by atoms with Gasteiger partial charge >= 0.3 is 20.1 Å². The molecule has 4 aromatic carbocycles. The molecule has 0 amide bonds. The maximum absolute atomic E-state index is 13.7. The number of fused-ring (bicyclic) bond motifs is 4. The second kappa shape index (κ2) is 16.4. The van der Waals surface area contributed by atoms with Crippen LogP contribution in [0, 0.1) is 65.6 Å². The Labute approximate surface area is 331 Å². The van der Waals surface area contributed by atoms with Crippen LogP contribution in [0.25, 0.3) is 55.3 Å². The van der Waals surface area contributed by atoms with E-state index in [0.717, 1.165) is 44.1 Å². The van der Waals surface area contributed by atoms with E-state index >= 15 is 0 Å². The minimum atomic E-state index is -1.40. The van der Waals surface area contributed by atoms with E-state index in [0.29, 0.717) is 21.2 Å². The molecular weight excluding hydrogens is 868 g/mol. The van der Waals surface area contributed by atoms with Crippen molar-refractivity contribution < 1.29 is 28.7 Å². The van der Waals surface area contributed by atoms with E-state index in [9.17, 15) is 8.60 Å². The maximum atomic E-state index is 13.7. The van der Waals surface area contributed by atoms with Gasteiger partial charge in [0.2, 0.25) is 0 Å². The van der Waals surface area contributed by atoms with Crippen molar-refractivity contribution in [2.45, 2.75) is 51.5 Å². The van der Waals surface area contributed by atoms with Crippen molar-refractivity contribution in [1.29, 1.82) is 0 Å². The number of aryl methyl sites for hydroxylation is 6. The monoisotopic (exact) mass is 904 g/mol. The molecule has 1 aliphatic heterocycles. The fourth-order valence-corrected chi connectivity index (χ4v) is 7.34. The van der Waals surface area contributed by atoms with Crippen LogP contribution in [-0.4, -0.2) is 24.1 Å². The second-order valence-electron chi connectivity index (χ2n) is 13.2. The molecule has 0 saturated carbocycles. The largest absolute Gasteiger partial charge is 3.00 e. The Hall–Kier alpha value is -5.27. The summed E-state index contributed by atoms with van der Waals surface area (Å²) < 4.78 is 26.6. The summed E-state index contributed by atoms with van der Waals surface area (Å²) in [5.41, 5.74) is 12.9. The van der Waals surface area contributed by atoms with Crippen molar-refractivity contribution in [3.63, 3.8) is 0 Å². The third-order valence-electron chi connectivity index (χ3n) is 9.34. The van der Waals surface area contributed by atoms with Gasteiger partial charge in [0.25, 0.3) is 0 Å². The Bertz CT molecular complexity index is 2570. The fourth-order valence-electron chi connectivity index (χ4n) is 6.01. The zero-order valence-electron chi connectivity index (χ0n) is 30.7. The third-order valence-corrected chi connectivity index (χ3v) is 10.7. The summed E-state index contributed by atoms with van der Waals surface area (Å²) in [5.74, 6) is -0.295. The van der Waals surface area contributed by atoms with Crippen LogP contribution in [0.4, 0.5) is 4.39 Å². The average molecular weight is 904 g/mol. The first-order valence-electron chi connectivity index (χ1n) is 17.2. The van der Waals surface area contributed by atoms with Gasteiger partial charge in [-0.15, -0.1) is 82.9 Å². The van der Waals surface area contributed by atoms with Crippen molar-refractivity contribution in [2.75, 3.05) is 0 Å². The molecule has 4 aromatic heterocycles. The van der Waals surface area contributed by atoms with Gasteiger partial charge in [-0.1, -0.05) is 54.9 Å². The van der Waals surface area contributed by atoms with E-state index in [1.54, 1.807) is 24.5 Å². The normalized spacial score (nSPS) is 12.5. The topological polar surface area (TPSA) is 68.6 Å². The molecule has 5 nitrogen and oxygen atoms in total. The molecule has 1 aliphatic rings. The van der Waals surface area contributed by atoms with Crippen molar-refractivity contribution >= 4 is 32.3 Å². The van der Waals surface area contributed by atoms with Crippen molar-refractivity contribution in [2.24, 2.45) is 0 Å². The van der Waals surface area contributed by atoms with Crippen LogP contribution < -0.4 is 0 Å². The summed E-state index contributed by atoms with van der Waals surface area (Å²) in [6.07, 6.45) is 7.10. The summed E-state index contributed by atoms with van der Waals surface area (Å²) in [7, 11) is -1.40. The van der Waals surface area contributed by atoms with Crippen LogP contribution in [0.3, 0.4) is 0 Å². The van der Waals surface area contributed by atoms with Gasteiger partial charge in [-0.3, -0.25) is 4.21 Å². The summed E-state index contributed by atoms with van der Waals surface area (Å²) in [5, 5.41) is 3.75. The zero-order chi connectivity index (χ0) is 37.2. The molecular formula is C46H36FIrN4OS. The van der Waals surface area contributed by atoms with E-state index in [1.807, 2.05) is 36.7 Å². The first-order chi connectivity index (χ1) is 25.6. The van der Waals surface area contributed by atoms with Gasteiger partial charge in [-0.25, -0.2) is 4.39 Å². The molecule has 0 bridgehead atoms. The van der Waals surface area contributed by atoms with Gasteiger partial charge < -0.3 is 19.9 Å². The number of benzene rings is 4. The molecule has 54 heavy (non-hydrogen) atoms. The average Bonchev–Trinajstić information content (AvgIpc) is 3.17. The number of rotatable bonds is 2. The van der Waals surface area contributed by atoms with E-state index in [1.165, 1.54) is 45.5 Å². The first kappa shape index (κ1) is 38.5. The zero-order valence-corrected chi connectivity index (χ0v) is 33.9. The van der Waals surface area contributed by atoms with Crippen LogP contribution in [-0.2, 0) is 30.9 Å². The van der Waals surface area contributed by atoms with Crippen molar-refractivity contribution in [3.05, 3.63) is 167 Å². The van der Waals surface area contributed by atoms with Gasteiger partial charge in [-0.2, -0.15) is 0 Å². The van der Waals surface area contributed by atoms with Gasteiger partial charge in [0, 0.05) is 28.5 Å². The molecule has 9 rings (SSSR count). The molecule has 8 aromatic rings. The van der Waals surface area contributed by atoms with E-state index in [2.05, 4.69) is 116 Å². The van der Waals surface area contributed by atoms with Gasteiger partial charge in [0.15, 0.2) is 0 Å². The molecule has 5 heterocycles. The van der Waals surface area contributed by atoms with Crippen molar-refractivity contribution in [3.8, 4) is 33.8 Å². The van der Waals surface area contributed by atoms with Crippen LogP contribution in [0.1, 0.15) is 33.4 Å². The van der Waals surface area contributed by atoms with Gasteiger partial charge in [0.1, 0.15) is 5.82 Å². The molecule has 0 N–H and O–H groups in total. The Morgan fingerprint density at radius 3 is 1.78 bits per heavy atom. The predicted octanol–water partition coefficient (Wildman–Crippen LogP) is 10.8. The molecule has 0 spiro atoms. The minimum Gasteiger partial charge on any atom is -0.343 e. The maximum Gasteiger partial charge on any atom is 3.00 e. The molecule has 0 saturated heterocycles. The fraction of sp³-hybridized carbons (Fsp3) is 0.130. The summed E-state index contributed by atoms with van der Waals surface area (Å²) >= 11 is 0. The van der Waals surface area contributed by atoms with Crippen LogP contribution in [0.15, 0.2) is 120 Å². The number of hydrogen-bond acceptors (Lipinski definition) is 5. The number of nitrogens with zero attached hydrogens (tertiary/aromatic N) is 4. The molecule has 1 unspecified atom stereocenters. The Morgan fingerprint density at radius 1 is 0.611 bits per heavy atom. The Morgan fingerprint density at radius 2 is 1.22 bits per heavy atom. The van der Waals surface area contributed by atoms with Crippen molar-refractivity contribution in [1.82, 2.24) is 19.9 Å². The molecule has 0 aliphatic carbocycles. The molecule has 268 valence electrons. The summed E-state index contributed by atoms with van der Waals surface area (Å²) in [6.45, 7) is 12.5. The number of halogens is 1. The van der Waals surface area contributed by atoms with Gasteiger partial charge in [0.05, 0.1) is 10.8 Å². The summed E-state index contributed by atoms with van der Waals surface area (Å²) in [6, 6.07) is 36.0. The molecule has 1 atom stereocenters. The summed E-state index contributed by atoms with van der Waals surface area (Å²) in [4.78, 5) is 18.2. The van der Waals surface area contributed by atoms with Crippen LogP contribution in [0.5, 0.6) is 0 Å². The predicted molar refractivity (Wildman–Crippen MR) is 211 cm³/mol. The third kappa shape index (κ3) is 7.97.